The maximum Gasteiger partial charge on any atom is 0.197 e. The molecule has 2 N–H and O–H groups in total. The van der Waals surface area contributed by atoms with Crippen LogP contribution in [0.25, 0.3) is 10.9 Å². The number of aromatic nitrogens is 1. The van der Waals surface area contributed by atoms with E-state index < -0.39 is 5.82 Å². The SMILES string of the molecule is O=c1c(CO)c(NC2CCCCC2)n(C2CCCC2)c2ccc(F)cc12. The van der Waals surface area contributed by atoms with Crippen LogP contribution in [0.5, 0.6) is 0 Å². The first kappa shape index (κ1) is 17.5. The molecular weight excluding hydrogens is 331 g/mol. The van der Waals surface area contributed by atoms with Gasteiger partial charge in [-0.25, -0.2) is 4.39 Å². The minimum absolute atomic E-state index is 0.255. The van der Waals surface area contributed by atoms with E-state index in [0.29, 0.717) is 23.0 Å². The highest BCUT2D eigenvalue weighted by Crippen LogP contribution is 2.36. The summed E-state index contributed by atoms with van der Waals surface area (Å²) in [7, 11) is 0. The molecule has 0 bridgehead atoms. The van der Waals surface area contributed by atoms with Gasteiger partial charge in [-0.1, -0.05) is 32.1 Å². The zero-order valence-corrected chi connectivity index (χ0v) is 15.1. The number of rotatable bonds is 4. The Morgan fingerprint density at radius 1 is 1.08 bits per heavy atom. The van der Waals surface area contributed by atoms with Crippen LogP contribution in [0.15, 0.2) is 23.0 Å². The Balaban J connectivity index is 1.92. The van der Waals surface area contributed by atoms with E-state index in [4.69, 9.17) is 0 Å². The van der Waals surface area contributed by atoms with Crippen molar-refractivity contribution in [3.8, 4) is 0 Å². The molecule has 4 nitrogen and oxygen atoms in total. The molecule has 0 amide bonds. The van der Waals surface area contributed by atoms with Gasteiger partial charge in [-0.15, -0.1) is 0 Å². The molecule has 2 aliphatic rings. The Hall–Kier alpha value is -1.88. The van der Waals surface area contributed by atoms with E-state index in [9.17, 15) is 14.3 Å². The second kappa shape index (κ2) is 7.39. The Bertz CT molecular complexity index is 849. The van der Waals surface area contributed by atoms with Gasteiger partial charge in [-0.2, -0.15) is 0 Å². The van der Waals surface area contributed by atoms with Crippen LogP contribution < -0.4 is 10.7 Å². The van der Waals surface area contributed by atoms with E-state index >= 15 is 0 Å². The average Bonchev–Trinajstić information content (AvgIpc) is 3.18. The van der Waals surface area contributed by atoms with Crippen LogP contribution in [0.3, 0.4) is 0 Å². The van der Waals surface area contributed by atoms with Crippen molar-refractivity contribution in [2.75, 3.05) is 5.32 Å². The van der Waals surface area contributed by atoms with E-state index in [-0.39, 0.29) is 12.0 Å². The van der Waals surface area contributed by atoms with Crippen LogP contribution in [-0.4, -0.2) is 15.7 Å². The Labute approximate surface area is 153 Å². The molecule has 0 saturated heterocycles. The Morgan fingerprint density at radius 2 is 1.77 bits per heavy atom. The number of aliphatic hydroxyl groups is 1. The molecule has 5 heteroatoms. The zero-order chi connectivity index (χ0) is 18.1. The van der Waals surface area contributed by atoms with E-state index in [1.54, 1.807) is 6.07 Å². The fourth-order valence-corrected chi connectivity index (χ4v) is 4.72. The standard InChI is InChI=1S/C21H27FN2O2/c22-14-10-11-19-17(12-14)20(26)18(13-25)21(23-15-6-2-1-3-7-15)24(19)16-8-4-5-9-16/h10-12,15-16,23,25H,1-9,13H2. The number of benzene rings is 1. The summed E-state index contributed by atoms with van der Waals surface area (Å²) in [4.78, 5) is 13.0. The van der Waals surface area contributed by atoms with Gasteiger partial charge in [0.1, 0.15) is 11.6 Å². The van der Waals surface area contributed by atoms with Crippen molar-refractivity contribution in [3.05, 3.63) is 39.8 Å². The molecule has 1 aromatic carbocycles. The zero-order valence-electron chi connectivity index (χ0n) is 15.1. The summed E-state index contributed by atoms with van der Waals surface area (Å²) in [5.41, 5.74) is 0.897. The first-order valence-electron chi connectivity index (χ1n) is 9.93. The number of halogens is 1. The molecule has 2 fully saturated rings. The monoisotopic (exact) mass is 358 g/mol. The number of fused-ring (bicyclic) bond motifs is 1. The fraction of sp³-hybridized carbons (Fsp3) is 0.571. The largest absolute Gasteiger partial charge is 0.391 e. The van der Waals surface area contributed by atoms with Crippen LogP contribution >= 0.6 is 0 Å². The maximum absolute atomic E-state index is 13.8. The van der Waals surface area contributed by atoms with Crippen molar-refractivity contribution >= 4 is 16.7 Å². The quantitative estimate of drug-likeness (QED) is 0.846. The molecule has 1 heterocycles. The fourth-order valence-electron chi connectivity index (χ4n) is 4.72. The first-order chi connectivity index (χ1) is 12.7. The summed E-state index contributed by atoms with van der Waals surface area (Å²) < 4.78 is 16.0. The van der Waals surface area contributed by atoms with Crippen LogP contribution in [-0.2, 0) is 6.61 Å². The number of nitrogens with one attached hydrogen (secondary N) is 1. The van der Waals surface area contributed by atoms with Crippen LogP contribution in [0.2, 0.25) is 0 Å². The smallest absolute Gasteiger partial charge is 0.197 e. The van der Waals surface area contributed by atoms with Gasteiger partial charge in [0, 0.05) is 17.5 Å². The van der Waals surface area contributed by atoms with Crippen molar-refractivity contribution in [2.45, 2.75) is 76.5 Å². The third-order valence-electron chi connectivity index (χ3n) is 6.06. The van der Waals surface area contributed by atoms with Crippen molar-refractivity contribution in [2.24, 2.45) is 0 Å². The van der Waals surface area contributed by atoms with Crippen molar-refractivity contribution in [1.29, 1.82) is 0 Å². The molecule has 0 atom stereocenters. The molecule has 26 heavy (non-hydrogen) atoms. The van der Waals surface area contributed by atoms with E-state index in [1.165, 1.54) is 31.4 Å². The van der Waals surface area contributed by atoms with E-state index in [0.717, 1.165) is 49.9 Å². The molecule has 2 saturated carbocycles. The van der Waals surface area contributed by atoms with Gasteiger partial charge in [0.25, 0.3) is 0 Å². The topological polar surface area (TPSA) is 54.3 Å². The lowest BCUT2D eigenvalue weighted by molar-refractivity contribution is 0.280. The normalized spacial score (nSPS) is 19.3. The highest BCUT2D eigenvalue weighted by molar-refractivity contribution is 5.83. The highest BCUT2D eigenvalue weighted by atomic mass is 19.1. The van der Waals surface area contributed by atoms with Crippen LogP contribution in [0.4, 0.5) is 10.2 Å². The lowest BCUT2D eigenvalue weighted by Crippen LogP contribution is -2.29. The number of hydrogen-bond acceptors (Lipinski definition) is 3. The van der Waals surface area contributed by atoms with Gasteiger partial charge in [-0.3, -0.25) is 4.79 Å². The molecule has 4 rings (SSSR count). The summed E-state index contributed by atoms with van der Waals surface area (Å²) in [6, 6.07) is 5.08. The van der Waals surface area contributed by atoms with Gasteiger partial charge < -0.3 is 15.0 Å². The molecule has 0 aliphatic heterocycles. The second-order valence-electron chi connectivity index (χ2n) is 7.76. The summed E-state index contributed by atoms with van der Waals surface area (Å²) in [5, 5.41) is 14.0. The van der Waals surface area contributed by atoms with Gasteiger partial charge in [0.05, 0.1) is 17.7 Å². The number of pyridine rings is 1. The highest BCUT2D eigenvalue weighted by Gasteiger charge is 2.26. The lowest BCUT2D eigenvalue weighted by atomic mass is 9.95. The molecule has 2 aliphatic carbocycles. The third kappa shape index (κ3) is 3.13. The van der Waals surface area contributed by atoms with Crippen LogP contribution in [0.1, 0.15) is 69.4 Å². The van der Waals surface area contributed by atoms with Crippen molar-refractivity contribution in [3.63, 3.8) is 0 Å². The Morgan fingerprint density at radius 3 is 2.46 bits per heavy atom. The van der Waals surface area contributed by atoms with Gasteiger partial charge >= 0.3 is 0 Å². The summed E-state index contributed by atoms with van der Waals surface area (Å²) in [5.74, 6) is 0.347. The van der Waals surface area contributed by atoms with Gasteiger partial charge in [-0.05, 0) is 43.9 Å². The maximum atomic E-state index is 13.8. The van der Waals surface area contributed by atoms with Gasteiger partial charge in [0.15, 0.2) is 5.43 Å². The third-order valence-corrected chi connectivity index (χ3v) is 6.06. The summed E-state index contributed by atoms with van der Waals surface area (Å²) in [6.07, 6.45) is 10.3. The van der Waals surface area contributed by atoms with Crippen molar-refractivity contribution < 1.29 is 9.50 Å². The van der Waals surface area contributed by atoms with E-state index in [2.05, 4.69) is 9.88 Å². The molecule has 0 unspecified atom stereocenters. The summed E-state index contributed by atoms with van der Waals surface area (Å²) >= 11 is 0. The molecule has 1 aromatic heterocycles. The van der Waals surface area contributed by atoms with Crippen molar-refractivity contribution in [1.82, 2.24) is 4.57 Å². The molecule has 2 aromatic rings. The number of nitrogens with zero attached hydrogens (tertiary/aromatic N) is 1. The minimum Gasteiger partial charge on any atom is -0.391 e. The number of aliphatic hydroxyl groups excluding tert-OH is 1. The number of anilines is 1. The predicted octanol–water partition coefficient (Wildman–Crippen LogP) is 4.49. The average molecular weight is 358 g/mol. The second-order valence-corrected chi connectivity index (χ2v) is 7.76. The number of hydrogen-bond donors (Lipinski definition) is 2. The molecular formula is C21H27FN2O2. The molecule has 0 spiro atoms. The summed E-state index contributed by atoms with van der Waals surface area (Å²) in [6.45, 7) is -0.326. The van der Waals surface area contributed by atoms with Gasteiger partial charge in [0.2, 0.25) is 0 Å². The lowest BCUT2D eigenvalue weighted by Gasteiger charge is -2.30. The predicted molar refractivity (Wildman–Crippen MR) is 102 cm³/mol. The Kier molecular flexibility index (Phi) is 4.98. The molecule has 140 valence electrons. The first-order valence-corrected chi connectivity index (χ1v) is 9.93. The minimum atomic E-state index is -0.413. The molecule has 0 radical (unpaired) electrons. The van der Waals surface area contributed by atoms with Crippen LogP contribution in [0, 0.1) is 5.82 Å². The van der Waals surface area contributed by atoms with E-state index in [1.807, 2.05) is 0 Å².